The molecular formula is C26H25F3N4O. The highest BCUT2D eigenvalue weighted by molar-refractivity contribution is 5.99. The van der Waals surface area contributed by atoms with Crippen LogP contribution in [0.1, 0.15) is 33.6 Å². The van der Waals surface area contributed by atoms with Crippen molar-refractivity contribution in [3.05, 3.63) is 77.0 Å². The number of nitrogens with zero attached hydrogens (tertiary/aromatic N) is 3. The molecule has 5 rings (SSSR count). The van der Waals surface area contributed by atoms with Crippen LogP contribution < -0.4 is 0 Å². The van der Waals surface area contributed by atoms with Crippen LogP contribution in [-0.4, -0.2) is 59.6 Å². The number of amides is 1. The summed E-state index contributed by atoms with van der Waals surface area (Å²) in [6.07, 6.45) is 0.548. The monoisotopic (exact) mass is 466 g/mol. The number of aliphatic imine (C=N–C) groups is 1. The average molecular weight is 467 g/mol. The first kappa shape index (κ1) is 22.4. The summed E-state index contributed by atoms with van der Waals surface area (Å²) < 4.78 is 38.3. The number of rotatable bonds is 4. The molecule has 2 aliphatic heterocycles. The van der Waals surface area contributed by atoms with E-state index in [1.165, 1.54) is 17.7 Å². The fourth-order valence-corrected chi connectivity index (χ4v) is 4.50. The summed E-state index contributed by atoms with van der Waals surface area (Å²) in [6, 6.07) is 13.4. The molecule has 5 nitrogen and oxygen atoms in total. The number of carbonyl (C=O) groups is 1. The predicted molar refractivity (Wildman–Crippen MR) is 127 cm³/mol. The Morgan fingerprint density at radius 3 is 2.44 bits per heavy atom. The van der Waals surface area contributed by atoms with Crippen LogP contribution in [0.4, 0.5) is 13.2 Å². The van der Waals surface area contributed by atoms with E-state index in [0.29, 0.717) is 45.0 Å². The normalized spacial score (nSPS) is 17.3. The number of piperazine rings is 1. The Hall–Kier alpha value is -3.39. The molecule has 0 unspecified atom stereocenters. The molecule has 8 heteroatoms. The molecule has 1 fully saturated rings. The maximum Gasteiger partial charge on any atom is 0.416 e. The van der Waals surface area contributed by atoms with Gasteiger partial charge in [0.1, 0.15) is 5.69 Å². The molecule has 1 N–H and O–H groups in total. The number of nitrogens with one attached hydrogen (secondary N) is 1. The second-order valence-electron chi connectivity index (χ2n) is 8.73. The van der Waals surface area contributed by atoms with Crippen molar-refractivity contribution in [2.45, 2.75) is 19.1 Å². The number of fused-ring (bicyclic) bond motifs is 1. The van der Waals surface area contributed by atoms with Gasteiger partial charge in [-0.3, -0.25) is 14.7 Å². The number of benzene rings is 2. The average Bonchev–Trinajstić information content (AvgIpc) is 3.28. The van der Waals surface area contributed by atoms with E-state index in [1.54, 1.807) is 0 Å². The minimum Gasteiger partial charge on any atom is -0.351 e. The van der Waals surface area contributed by atoms with Crippen molar-refractivity contribution in [1.82, 2.24) is 14.8 Å². The molecule has 0 atom stereocenters. The van der Waals surface area contributed by atoms with Crippen LogP contribution >= 0.6 is 0 Å². The van der Waals surface area contributed by atoms with E-state index in [0.717, 1.165) is 40.6 Å². The summed E-state index contributed by atoms with van der Waals surface area (Å²) in [5, 5.41) is 0.998. The van der Waals surface area contributed by atoms with Crippen molar-refractivity contribution in [2.75, 3.05) is 32.7 Å². The van der Waals surface area contributed by atoms with Crippen molar-refractivity contribution < 1.29 is 18.0 Å². The number of hydrogen-bond donors (Lipinski definition) is 1. The van der Waals surface area contributed by atoms with Gasteiger partial charge in [-0.05, 0) is 41.0 Å². The van der Waals surface area contributed by atoms with Crippen LogP contribution in [0.25, 0.3) is 16.5 Å². The van der Waals surface area contributed by atoms with Gasteiger partial charge in [0, 0.05) is 56.3 Å². The molecule has 3 heterocycles. The zero-order valence-electron chi connectivity index (χ0n) is 18.6. The summed E-state index contributed by atoms with van der Waals surface area (Å²) >= 11 is 0. The molecule has 176 valence electrons. The summed E-state index contributed by atoms with van der Waals surface area (Å²) in [5.41, 5.74) is 4.08. The third kappa shape index (κ3) is 4.77. The standard InChI is InChI=1S/C26H25F3N4O/c27-26(28,29)22-5-1-18(2-6-22)17-32-11-13-33(14-12-32)25(34)24-16-21-4-3-20(15-23(21)31-24)19-7-9-30-10-8-19/h1-7,10,15-16,31H,8-9,11-14,17H2. The second-order valence-corrected chi connectivity index (χ2v) is 8.73. The second kappa shape index (κ2) is 9.10. The summed E-state index contributed by atoms with van der Waals surface area (Å²) in [7, 11) is 0. The third-order valence-electron chi connectivity index (χ3n) is 6.45. The lowest BCUT2D eigenvalue weighted by atomic mass is 10.0. The smallest absolute Gasteiger partial charge is 0.351 e. The fourth-order valence-electron chi connectivity index (χ4n) is 4.50. The van der Waals surface area contributed by atoms with Gasteiger partial charge < -0.3 is 9.88 Å². The molecule has 0 spiro atoms. The topological polar surface area (TPSA) is 51.7 Å². The van der Waals surface area contributed by atoms with Crippen molar-refractivity contribution in [1.29, 1.82) is 0 Å². The van der Waals surface area contributed by atoms with Crippen molar-refractivity contribution in [3.63, 3.8) is 0 Å². The SMILES string of the molecule is O=C(c1cc2ccc(C3=CCN=CC3)cc2[nH]1)N1CCN(Cc2ccc(C(F)(F)F)cc2)CC1. The Morgan fingerprint density at radius 2 is 1.76 bits per heavy atom. The van der Waals surface area contributed by atoms with Crippen LogP contribution in [0.3, 0.4) is 0 Å². The predicted octanol–water partition coefficient (Wildman–Crippen LogP) is 5.00. The van der Waals surface area contributed by atoms with Crippen molar-refractivity contribution in [3.8, 4) is 0 Å². The van der Waals surface area contributed by atoms with E-state index in [1.807, 2.05) is 23.2 Å². The highest BCUT2D eigenvalue weighted by atomic mass is 19.4. The van der Waals surface area contributed by atoms with Gasteiger partial charge in [0.2, 0.25) is 0 Å². The number of allylic oxidation sites excluding steroid dienone is 1. The highest BCUT2D eigenvalue weighted by Gasteiger charge is 2.30. The number of halogens is 3. The van der Waals surface area contributed by atoms with E-state index < -0.39 is 11.7 Å². The number of dihydropyridines is 1. The van der Waals surface area contributed by atoms with E-state index in [9.17, 15) is 18.0 Å². The van der Waals surface area contributed by atoms with Crippen LogP contribution in [0.15, 0.2) is 59.6 Å². The van der Waals surface area contributed by atoms with Gasteiger partial charge >= 0.3 is 6.18 Å². The molecule has 2 aliphatic rings. The summed E-state index contributed by atoms with van der Waals surface area (Å²) in [6.45, 7) is 3.76. The molecule has 3 aromatic rings. The van der Waals surface area contributed by atoms with E-state index in [4.69, 9.17) is 0 Å². The highest BCUT2D eigenvalue weighted by Crippen LogP contribution is 2.29. The zero-order chi connectivity index (χ0) is 23.7. The van der Waals surface area contributed by atoms with Gasteiger partial charge in [-0.15, -0.1) is 0 Å². The lowest BCUT2D eigenvalue weighted by molar-refractivity contribution is -0.137. The van der Waals surface area contributed by atoms with Crippen molar-refractivity contribution in [2.24, 2.45) is 4.99 Å². The Labute approximate surface area is 195 Å². The lowest BCUT2D eigenvalue weighted by Crippen LogP contribution is -2.48. The van der Waals surface area contributed by atoms with E-state index in [-0.39, 0.29) is 5.91 Å². The third-order valence-corrected chi connectivity index (χ3v) is 6.45. The fraction of sp³-hybridized carbons (Fsp3) is 0.308. The summed E-state index contributed by atoms with van der Waals surface area (Å²) in [5.74, 6) is -0.0315. The molecule has 1 saturated heterocycles. The van der Waals surface area contributed by atoms with Gasteiger partial charge in [0.25, 0.3) is 5.91 Å². The molecule has 2 aromatic carbocycles. The molecule has 0 radical (unpaired) electrons. The van der Waals surface area contributed by atoms with Crippen LogP contribution in [0.2, 0.25) is 0 Å². The van der Waals surface area contributed by atoms with Gasteiger partial charge in [0.15, 0.2) is 0 Å². The Bertz CT molecular complexity index is 1250. The first-order chi connectivity index (χ1) is 16.4. The van der Waals surface area contributed by atoms with Crippen LogP contribution in [0, 0.1) is 0 Å². The largest absolute Gasteiger partial charge is 0.416 e. The quantitative estimate of drug-likeness (QED) is 0.588. The van der Waals surface area contributed by atoms with Crippen LogP contribution in [-0.2, 0) is 12.7 Å². The number of alkyl halides is 3. The molecule has 0 aliphatic carbocycles. The molecular weight excluding hydrogens is 441 g/mol. The minimum absolute atomic E-state index is 0.0315. The Morgan fingerprint density at radius 1 is 1.00 bits per heavy atom. The molecule has 34 heavy (non-hydrogen) atoms. The maximum atomic E-state index is 13.1. The number of hydrogen-bond acceptors (Lipinski definition) is 3. The summed E-state index contributed by atoms with van der Waals surface area (Å²) in [4.78, 5) is 24.6. The van der Waals surface area contributed by atoms with E-state index in [2.05, 4.69) is 33.1 Å². The molecule has 1 amide bonds. The first-order valence-electron chi connectivity index (χ1n) is 11.3. The molecule has 0 bridgehead atoms. The Kier molecular flexibility index (Phi) is 6.00. The van der Waals surface area contributed by atoms with Gasteiger partial charge in [-0.1, -0.05) is 30.3 Å². The Balaban J connectivity index is 1.20. The molecule has 1 aromatic heterocycles. The van der Waals surface area contributed by atoms with E-state index >= 15 is 0 Å². The van der Waals surface area contributed by atoms with Gasteiger partial charge in [-0.25, -0.2) is 0 Å². The number of aromatic amines is 1. The van der Waals surface area contributed by atoms with Gasteiger partial charge in [-0.2, -0.15) is 13.2 Å². The first-order valence-corrected chi connectivity index (χ1v) is 11.3. The lowest BCUT2D eigenvalue weighted by Gasteiger charge is -2.34. The minimum atomic E-state index is -4.32. The van der Waals surface area contributed by atoms with Crippen LogP contribution in [0.5, 0.6) is 0 Å². The maximum absolute atomic E-state index is 13.1. The molecule has 0 saturated carbocycles. The number of H-pyrrole nitrogens is 1. The van der Waals surface area contributed by atoms with Gasteiger partial charge in [0.05, 0.1) is 12.1 Å². The number of carbonyl (C=O) groups excluding carboxylic acids is 1. The zero-order valence-corrected chi connectivity index (χ0v) is 18.6. The van der Waals surface area contributed by atoms with Crippen molar-refractivity contribution >= 4 is 28.6 Å². The number of aromatic nitrogens is 1.